The molecule has 0 aromatic carbocycles. The Labute approximate surface area is 103 Å². The van der Waals surface area contributed by atoms with Crippen molar-refractivity contribution < 1.29 is 9.15 Å². The van der Waals surface area contributed by atoms with E-state index in [2.05, 4.69) is 11.4 Å². The molecular formula is C14H21NO2. The zero-order valence-electron chi connectivity index (χ0n) is 10.4. The molecule has 2 atom stereocenters. The SMILES string of the molecule is CNCC1(Cc2ccoc2)CCOC1C1CC1. The number of nitrogens with one attached hydrogen (secondary N) is 1. The lowest BCUT2D eigenvalue weighted by Gasteiger charge is -2.34. The van der Waals surface area contributed by atoms with Gasteiger partial charge in [-0.05, 0) is 50.3 Å². The summed E-state index contributed by atoms with van der Waals surface area (Å²) in [5, 5.41) is 3.36. The molecule has 1 aromatic heterocycles. The summed E-state index contributed by atoms with van der Waals surface area (Å²) in [6, 6.07) is 2.08. The van der Waals surface area contributed by atoms with Gasteiger partial charge in [0.25, 0.3) is 0 Å². The maximum Gasteiger partial charge on any atom is 0.0934 e. The molecule has 1 saturated heterocycles. The van der Waals surface area contributed by atoms with E-state index in [0.29, 0.717) is 6.10 Å². The van der Waals surface area contributed by atoms with Gasteiger partial charge >= 0.3 is 0 Å². The third-order valence-corrected chi connectivity index (χ3v) is 4.22. The maximum absolute atomic E-state index is 6.02. The highest BCUT2D eigenvalue weighted by Crippen LogP contribution is 2.49. The predicted molar refractivity (Wildman–Crippen MR) is 65.9 cm³/mol. The third-order valence-electron chi connectivity index (χ3n) is 4.22. The van der Waals surface area contributed by atoms with Crippen LogP contribution < -0.4 is 5.32 Å². The summed E-state index contributed by atoms with van der Waals surface area (Å²) in [6.07, 6.45) is 9.03. The Morgan fingerprint density at radius 3 is 3.00 bits per heavy atom. The zero-order chi connectivity index (χ0) is 11.7. The topological polar surface area (TPSA) is 34.4 Å². The fourth-order valence-electron chi connectivity index (χ4n) is 3.34. The Morgan fingerprint density at radius 2 is 2.35 bits per heavy atom. The van der Waals surface area contributed by atoms with Gasteiger partial charge < -0.3 is 14.5 Å². The Hall–Kier alpha value is -0.800. The maximum atomic E-state index is 6.02. The molecule has 0 spiro atoms. The van der Waals surface area contributed by atoms with Crippen molar-refractivity contribution in [1.82, 2.24) is 5.32 Å². The van der Waals surface area contributed by atoms with Gasteiger partial charge in [-0.3, -0.25) is 0 Å². The number of furan rings is 1. The van der Waals surface area contributed by atoms with Gasteiger partial charge in [-0.1, -0.05) is 0 Å². The molecule has 1 saturated carbocycles. The summed E-state index contributed by atoms with van der Waals surface area (Å²) in [5.41, 5.74) is 1.58. The van der Waals surface area contributed by atoms with Crippen LogP contribution in [0.1, 0.15) is 24.8 Å². The van der Waals surface area contributed by atoms with Crippen molar-refractivity contribution >= 4 is 0 Å². The van der Waals surface area contributed by atoms with E-state index >= 15 is 0 Å². The van der Waals surface area contributed by atoms with Crippen LogP contribution in [-0.4, -0.2) is 26.3 Å². The van der Waals surface area contributed by atoms with E-state index in [-0.39, 0.29) is 5.41 Å². The Morgan fingerprint density at radius 1 is 1.47 bits per heavy atom. The minimum absolute atomic E-state index is 0.278. The average molecular weight is 235 g/mol. The van der Waals surface area contributed by atoms with Gasteiger partial charge in [0.2, 0.25) is 0 Å². The van der Waals surface area contributed by atoms with Gasteiger partial charge in [-0.25, -0.2) is 0 Å². The average Bonchev–Trinajstić information content (AvgIpc) is 2.88. The van der Waals surface area contributed by atoms with Gasteiger partial charge in [0.1, 0.15) is 0 Å². The summed E-state index contributed by atoms with van der Waals surface area (Å²) in [4.78, 5) is 0. The molecule has 2 unspecified atom stereocenters. The smallest absolute Gasteiger partial charge is 0.0934 e. The van der Waals surface area contributed by atoms with Gasteiger partial charge in [0.15, 0.2) is 0 Å². The molecule has 2 aliphatic rings. The van der Waals surface area contributed by atoms with Crippen LogP contribution in [0.2, 0.25) is 0 Å². The highest BCUT2D eigenvalue weighted by Gasteiger charge is 2.50. The highest BCUT2D eigenvalue weighted by molar-refractivity contribution is 5.13. The van der Waals surface area contributed by atoms with Crippen LogP contribution in [0.4, 0.5) is 0 Å². The molecule has 1 aromatic rings. The third kappa shape index (κ3) is 2.14. The second-order valence-electron chi connectivity index (χ2n) is 5.58. The number of rotatable bonds is 5. The van der Waals surface area contributed by atoms with Gasteiger partial charge in [0.05, 0.1) is 18.6 Å². The molecule has 0 bridgehead atoms. The van der Waals surface area contributed by atoms with E-state index in [9.17, 15) is 0 Å². The lowest BCUT2D eigenvalue weighted by atomic mass is 9.74. The van der Waals surface area contributed by atoms with E-state index in [1.807, 2.05) is 13.3 Å². The van der Waals surface area contributed by atoms with E-state index in [0.717, 1.165) is 25.5 Å². The summed E-state index contributed by atoms with van der Waals surface area (Å²) in [5.74, 6) is 0.803. The normalized spacial score (nSPS) is 33.1. The van der Waals surface area contributed by atoms with Crippen molar-refractivity contribution in [2.75, 3.05) is 20.2 Å². The van der Waals surface area contributed by atoms with Gasteiger partial charge in [-0.2, -0.15) is 0 Å². The minimum Gasteiger partial charge on any atom is -0.472 e. The predicted octanol–water partition coefficient (Wildman–Crippen LogP) is 2.23. The molecule has 94 valence electrons. The summed E-state index contributed by atoms with van der Waals surface area (Å²) in [6.45, 7) is 1.96. The van der Waals surface area contributed by atoms with Crippen molar-refractivity contribution in [2.45, 2.75) is 31.8 Å². The van der Waals surface area contributed by atoms with Crippen LogP contribution in [0.15, 0.2) is 23.0 Å². The lowest BCUT2D eigenvalue weighted by Crippen LogP contribution is -2.42. The fraction of sp³-hybridized carbons (Fsp3) is 0.714. The number of hydrogen-bond donors (Lipinski definition) is 1. The second kappa shape index (κ2) is 4.46. The molecule has 3 rings (SSSR count). The first kappa shape index (κ1) is 11.3. The highest BCUT2D eigenvalue weighted by atomic mass is 16.5. The molecule has 1 N–H and O–H groups in total. The van der Waals surface area contributed by atoms with Crippen LogP contribution >= 0.6 is 0 Å². The molecule has 1 aliphatic heterocycles. The summed E-state index contributed by atoms with van der Waals surface area (Å²) >= 11 is 0. The molecule has 2 heterocycles. The zero-order valence-corrected chi connectivity index (χ0v) is 10.4. The Balaban J connectivity index is 1.80. The van der Waals surface area contributed by atoms with Crippen LogP contribution in [0.3, 0.4) is 0 Å². The second-order valence-corrected chi connectivity index (χ2v) is 5.58. The Kier molecular flexibility index (Phi) is 2.97. The van der Waals surface area contributed by atoms with Crippen molar-refractivity contribution in [3.8, 4) is 0 Å². The van der Waals surface area contributed by atoms with Crippen molar-refractivity contribution in [3.05, 3.63) is 24.2 Å². The van der Waals surface area contributed by atoms with E-state index in [4.69, 9.17) is 9.15 Å². The summed E-state index contributed by atoms with van der Waals surface area (Å²) in [7, 11) is 2.04. The first-order valence-corrected chi connectivity index (χ1v) is 6.61. The van der Waals surface area contributed by atoms with E-state index in [1.165, 1.54) is 24.8 Å². The number of ether oxygens (including phenoxy) is 1. The molecule has 1 aliphatic carbocycles. The minimum atomic E-state index is 0.278. The molecule has 3 heteroatoms. The molecular weight excluding hydrogens is 214 g/mol. The Bertz CT molecular complexity index is 358. The van der Waals surface area contributed by atoms with Crippen LogP contribution in [-0.2, 0) is 11.2 Å². The molecule has 2 fully saturated rings. The van der Waals surface area contributed by atoms with Gasteiger partial charge in [-0.15, -0.1) is 0 Å². The van der Waals surface area contributed by atoms with Gasteiger partial charge in [0, 0.05) is 18.6 Å². The molecule has 3 nitrogen and oxygen atoms in total. The first-order valence-electron chi connectivity index (χ1n) is 6.61. The number of hydrogen-bond acceptors (Lipinski definition) is 3. The molecule has 0 radical (unpaired) electrons. The van der Waals surface area contributed by atoms with E-state index < -0.39 is 0 Å². The monoisotopic (exact) mass is 235 g/mol. The standard InChI is InChI=1S/C14H21NO2/c1-15-10-14(8-11-4-6-16-9-11)5-7-17-13(14)12-2-3-12/h4,6,9,12-13,15H,2-3,5,7-8,10H2,1H3. The first-order chi connectivity index (χ1) is 8.34. The quantitative estimate of drug-likeness (QED) is 0.850. The fourth-order valence-corrected chi connectivity index (χ4v) is 3.34. The van der Waals surface area contributed by atoms with Crippen molar-refractivity contribution in [1.29, 1.82) is 0 Å². The van der Waals surface area contributed by atoms with Crippen LogP contribution in [0.5, 0.6) is 0 Å². The van der Waals surface area contributed by atoms with Crippen molar-refractivity contribution in [2.24, 2.45) is 11.3 Å². The lowest BCUT2D eigenvalue weighted by molar-refractivity contribution is 0.0314. The van der Waals surface area contributed by atoms with Crippen LogP contribution in [0.25, 0.3) is 0 Å². The van der Waals surface area contributed by atoms with Crippen LogP contribution in [0, 0.1) is 11.3 Å². The molecule has 0 amide bonds. The van der Waals surface area contributed by atoms with Crippen molar-refractivity contribution in [3.63, 3.8) is 0 Å². The largest absolute Gasteiger partial charge is 0.472 e. The summed E-state index contributed by atoms with van der Waals surface area (Å²) < 4.78 is 11.2. The molecule has 17 heavy (non-hydrogen) atoms. The van der Waals surface area contributed by atoms with E-state index in [1.54, 1.807) is 6.26 Å².